The quantitative estimate of drug-likeness (QED) is 0.546. The summed E-state index contributed by atoms with van der Waals surface area (Å²) in [6.07, 6.45) is 8.58. The number of nitrogens with zero attached hydrogens (tertiary/aromatic N) is 1. The van der Waals surface area contributed by atoms with Gasteiger partial charge in [-0.05, 0) is 12.2 Å². The molecule has 0 aromatic carbocycles. The van der Waals surface area contributed by atoms with Crippen LogP contribution in [-0.4, -0.2) is 41.1 Å². The van der Waals surface area contributed by atoms with Gasteiger partial charge in [-0.1, -0.05) is 39.0 Å². The molecule has 17 heavy (non-hydrogen) atoms. The monoisotopic (exact) mass is 297 g/mol. The lowest BCUT2D eigenvalue weighted by molar-refractivity contribution is 0.380. The number of hydrogen-bond donors (Lipinski definition) is 0. The zero-order valence-corrected chi connectivity index (χ0v) is 13.6. The molecule has 1 aliphatic heterocycles. The van der Waals surface area contributed by atoms with Gasteiger partial charge in [0.2, 0.25) is 0 Å². The van der Waals surface area contributed by atoms with Crippen LogP contribution in [0.4, 0.5) is 0 Å². The molecule has 0 saturated carbocycles. The van der Waals surface area contributed by atoms with Gasteiger partial charge in [0.05, 0.1) is 0 Å². The summed E-state index contributed by atoms with van der Waals surface area (Å²) in [5.74, 6) is 5.35. The van der Waals surface area contributed by atoms with Crippen LogP contribution in [-0.2, 0) is 0 Å². The van der Waals surface area contributed by atoms with Gasteiger partial charge >= 0.3 is 0 Å². The Kier molecular flexibility index (Phi) is 14.1. The van der Waals surface area contributed by atoms with E-state index in [-0.39, 0.29) is 12.4 Å². The van der Waals surface area contributed by atoms with Gasteiger partial charge in [0.25, 0.3) is 0 Å². The maximum atomic E-state index is 2.58. The molecule has 0 atom stereocenters. The average Bonchev–Trinajstić information content (AvgIpc) is 2.80. The summed E-state index contributed by atoms with van der Waals surface area (Å²) < 4.78 is 0. The Hall–Kier alpha value is 0.950. The van der Waals surface area contributed by atoms with E-state index in [0.29, 0.717) is 0 Å². The van der Waals surface area contributed by atoms with Crippen LogP contribution in [0.1, 0.15) is 45.4 Å². The van der Waals surface area contributed by atoms with Crippen LogP contribution < -0.4 is 0 Å². The number of hydrogen-bond acceptors (Lipinski definition) is 3. The summed E-state index contributed by atoms with van der Waals surface area (Å²) in [5.41, 5.74) is 0. The van der Waals surface area contributed by atoms with Crippen molar-refractivity contribution in [1.82, 2.24) is 4.90 Å². The summed E-state index contributed by atoms with van der Waals surface area (Å²) in [7, 11) is 0. The van der Waals surface area contributed by atoms with Crippen molar-refractivity contribution in [1.29, 1.82) is 0 Å². The van der Waals surface area contributed by atoms with E-state index in [0.717, 1.165) is 0 Å². The molecule has 1 rings (SSSR count). The van der Waals surface area contributed by atoms with Crippen molar-refractivity contribution in [2.75, 3.05) is 36.2 Å². The molecule has 1 saturated heterocycles. The smallest absolute Gasteiger partial charge is 0.0445 e. The highest BCUT2D eigenvalue weighted by atomic mass is 35.5. The van der Waals surface area contributed by atoms with Gasteiger partial charge in [-0.25, -0.2) is 0 Å². The zero-order valence-electron chi connectivity index (χ0n) is 11.2. The number of unbranched alkanes of at least 4 members (excludes halogenated alkanes) is 5. The standard InChI is InChI=1S/C13H27NS2.ClH/c1-2-3-4-5-6-7-10-15-11-8-14-9-12-16-13-14;/h2-13H2,1H3;1H. The molecule has 1 heterocycles. The van der Waals surface area contributed by atoms with Gasteiger partial charge in [0.15, 0.2) is 0 Å². The maximum absolute atomic E-state index is 2.58. The van der Waals surface area contributed by atoms with E-state index in [1.807, 2.05) is 0 Å². The second-order valence-electron chi connectivity index (χ2n) is 4.54. The first-order valence-corrected chi connectivity index (χ1v) is 9.12. The molecular weight excluding hydrogens is 270 g/mol. The van der Waals surface area contributed by atoms with Crippen LogP contribution >= 0.6 is 35.9 Å². The molecule has 0 aromatic heterocycles. The summed E-state index contributed by atoms with van der Waals surface area (Å²) in [4.78, 5) is 2.58. The highest BCUT2D eigenvalue weighted by Crippen LogP contribution is 2.14. The van der Waals surface area contributed by atoms with Crippen molar-refractivity contribution in [2.45, 2.75) is 45.4 Å². The molecule has 1 aliphatic rings. The second-order valence-corrected chi connectivity index (χ2v) is 6.83. The molecule has 1 nitrogen and oxygen atoms in total. The first kappa shape index (κ1) is 17.9. The number of thioether (sulfide) groups is 2. The van der Waals surface area contributed by atoms with Gasteiger partial charge in [-0.15, -0.1) is 24.2 Å². The Balaban J connectivity index is 0.00000256. The van der Waals surface area contributed by atoms with Crippen molar-refractivity contribution in [3.8, 4) is 0 Å². The summed E-state index contributed by atoms with van der Waals surface area (Å²) in [6.45, 7) is 4.92. The molecule has 1 fully saturated rings. The van der Waals surface area contributed by atoms with E-state index in [9.17, 15) is 0 Å². The minimum Gasteiger partial charge on any atom is -0.292 e. The van der Waals surface area contributed by atoms with E-state index in [1.54, 1.807) is 0 Å². The van der Waals surface area contributed by atoms with Gasteiger partial charge < -0.3 is 0 Å². The maximum Gasteiger partial charge on any atom is 0.0445 e. The molecule has 0 bridgehead atoms. The van der Waals surface area contributed by atoms with Crippen molar-refractivity contribution in [3.63, 3.8) is 0 Å². The largest absolute Gasteiger partial charge is 0.292 e. The highest BCUT2D eigenvalue weighted by Gasteiger charge is 2.10. The molecule has 0 aliphatic carbocycles. The molecule has 0 spiro atoms. The van der Waals surface area contributed by atoms with Crippen LogP contribution in [0, 0.1) is 0 Å². The fourth-order valence-electron chi connectivity index (χ4n) is 1.91. The molecule has 0 N–H and O–H groups in total. The predicted octanol–water partition coefficient (Wildman–Crippen LogP) is 4.51. The number of halogens is 1. The molecular formula is C13H28ClNS2. The minimum absolute atomic E-state index is 0. The fourth-order valence-corrected chi connectivity index (χ4v) is 3.94. The third-order valence-electron chi connectivity index (χ3n) is 3.02. The Bertz CT molecular complexity index is 152. The number of rotatable bonds is 10. The Labute approximate surface area is 122 Å². The zero-order chi connectivity index (χ0) is 11.5. The van der Waals surface area contributed by atoms with Gasteiger partial charge in [0, 0.05) is 30.5 Å². The lowest BCUT2D eigenvalue weighted by Gasteiger charge is -2.12. The van der Waals surface area contributed by atoms with E-state index in [2.05, 4.69) is 35.3 Å². The second kappa shape index (κ2) is 13.4. The lowest BCUT2D eigenvalue weighted by atomic mass is 10.1. The summed E-state index contributed by atoms with van der Waals surface area (Å²) in [5, 5.41) is 0. The van der Waals surface area contributed by atoms with Crippen LogP contribution in [0.3, 0.4) is 0 Å². The Morgan fingerprint density at radius 3 is 2.53 bits per heavy atom. The van der Waals surface area contributed by atoms with Crippen molar-refractivity contribution >= 4 is 35.9 Å². The predicted molar refractivity (Wildman–Crippen MR) is 86.8 cm³/mol. The first-order valence-electron chi connectivity index (χ1n) is 6.81. The van der Waals surface area contributed by atoms with Crippen molar-refractivity contribution < 1.29 is 0 Å². The van der Waals surface area contributed by atoms with E-state index < -0.39 is 0 Å². The van der Waals surface area contributed by atoms with E-state index in [4.69, 9.17) is 0 Å². The first-order chi connectivity index (χ1) is 7.93. The molecule has 0 unspecified atom stereocenters. The summed E-state index contributed by atoms with van der Waals surface area (Å²) in [6, 6.07) is 0. The molecule has 0 radical (unpaired) electrons. The average molecular weight is 298 g/mol. The van der Waals surface area contributed by atoms with Gasteiger partial charge in [-0.3, -0.25) is 4.90 Å². The van der Waals surface area contributed by atoms with Gasteiger partial charge in [-0.2, -0.15) is 11.8 Å². The molecule has 4 heteroatoms. The normalized spacial score (nSPS) is 16.1. The summed E-state index contributed by atoms with van der Waals surface area (Å²) >= 11 is 4.23. The Morgan fingerprint density at radius 1 is 1.06 bits per heavy atom. The molecule has 0 amide bonds. The van der Waals surface area contributed by atoms with E-state index >= 15 is 0 Å². The topological polar surface area (TPSA) is 3.24 Å². The van der Waals surface area contributed by atoms with E-state index in [1.165, 1.54) is 74.7 Å². The lowest BCUT2D eigenvalue weighted by Crippen LogP contribution is -2.22. The highest BCUT2D eigenvalue weighted by molar-refractivity contribution is 7.99. The van der Waals surface area contributed by atoms with Crippen molar-refractivity contribution in [3.05, 3.63) is 0 Å². The van der Waals surface area contributed by atoms with Crippen LogP contribution in [0.15, 0.2) is 0 Å². The molecule has 104 valence electrons. The van der Waals surface area contributed by atoms with Crippen LogP contribution in [0.5, 0.6) is 0 Å². The Morgan fingerprint density at radius 2 is 1.82 bits per heavy atom. The third-order valence-corrected chi connectivity index (χ3v) is 5.09. The molecule has 0 aromatic rings. The fraction of sp³-hybridized carbons (Fsp3) is 1.00. The van der Waals surface area contributed by atoms with Crippen molar-refractivity contribution in [2.24, 2.45) is 0 Å². The minimum atomic E-state index is 0. The SMILES string of the molecule is CCCCCCCCSCCN1CCSC1.Cl. The van der Waals surface area contributed by atoms with Crippen LogP contribution in [0.2, 0.25) is 0 Å². The third kappa shape index (κ3) is 10.5. The van der Waals surface area contributed by atoms with Gasteiger partial charge in [0.1, 0.15) is 0 Å². The van der Waals surface area contributed by atoms with Crippen LogP contribution in [0.25, 0.3) is 0 Å².